The summed E-state index contributed by atoms with van der Waals surface area (Å²) in [6, 6.07) is 2.08. The molecule has 0 aliphatic heterocycles. The topological polar surface area (TPSA) is 33.0 Å². The Balaban J connectivity index is 2.78. The molecule has 0 aromatic carbocycles. The monoisotopic (exact) mass is 139 g/mol. The predicted octanol–water partition coefficient (Wildman–Crippen LogP) is 1.88. The minimum Gasteiger partial charge on any atom is -0.377 e. The van der Waals surface area contributed by atoms with E-state index in [1.165, 1.54) is 0 Å². The zero-order valence-corrected chi connectivity index (χ0v) is 6.18. The summed E-state index contributed by atoms with van der Waals surface area (Å²) in [6.07, 6.45) is 4.27. The van der Waals surface area contributed by atoms with Gasteiger partial charge in [0.25, 0.3) is 0 Å². The van der Waals surface area contributed by atoms with Crippen molar-refractivity contribution in [2.45, 2.75) is 19.3 Å². The van der Waals surface area contributed by atoms with E-state index in [9.17, 15) is 0 Å². The van der Waals surface area contributed by atoms with Crippen molar-refractivity contribution in [1.29, 1.82) is 5.26 Å². The third-order valence-electron chi connectivity index (χ3n) is 1.06. The van der Waals surface area contributed by atoms with Crippen molar-refractivity contribution < 1.29 is 4.74 Å². The van der Waals surface area contributed by atoms with Gasteiger partial charge in [-0.05, 0) is 12.8 Å². The number of rotatable bonds is 6. The Morgan fingerprint density at radius 2 is 2.30 bits per heavy atom. The third kappa shape index (κ3) is 7.19. The molecule has 0 radical (unpaired) electrons. The van der Waals surface area contributed by atoms with E-state index in [2.05, 4.69) is 12.6 Å². The molecule has 0 aromatic rings. The molecular formula is C8H13NO. The molecule has 0 saturated carbocycles. The predicted molar refractivity (Wildman–Crippen MR) is 40.5 cm³/mol. The Morgan fingerprint density at radius 1 is 1.50 bits per heavy atom. The highest BCUT2D eigenvalue weighted by atomic mass is 16.5. The van der Waals surface area contributed by atoms with Gasteiger partial charge in [0.2, 0.25) is 0 Å². The van der Waals surface area contributed by atoms with Gasteiger partial charge in [-0.3, -0.25) is 0 Å². The van der Waals surface area contributed by atoms with Crippen molar-refractivity contribution in [2.24, 2.45) is 0 Å². The number of nitriles is 1. The van der Waals surface area contributed by atoms with Crippen LogP contribution >= 0.6 is 0 Å². The van der Waals surface area contributed by atoms with Crippen LogP contribution in [-0.2, 0) is 4.74 Å². The summed E-state index contributed by atoms with van der Waals surface area (Å²) < 4.78 is 5.10. The SMILES string of the molecule is C=CCOCCCCC#N. The zero-order chi connectivity index (χ0) is 7.66. The lowest BCUT2D eigenvalue weighted by atomic mass is 10.3. The summed E-state index contributed by atoms with van der Waals surface area (Å²) in [6.45, 7) is 4.88. The molecule has 0 amide bonds. The van der Waals surface area contributed by atoms with Crippen LogP contribution in [0, 0.1) is 11.3 Å². The molecule has 0 atom stereocenters. The van der Waals surface area contributed by atoms with E-state index in [0.29, 0.717) is 13.0 Å². The zero-order valence-electron chi connectivity index (χ0n) is 6.18. The van der Waals surface area contributed by atoms with Crippen molar-refractivity contribution in [3.63, 3.8) is 0 Å². The second-order valence-corrected chi connectivity index (χ2v) is 1.98. The van der Waals surface area contributed by atoms with Gasteiger partial charge < -0.3 is 4.74 Å². The molecule has 0 aromatic heterocycles. The smallest absolute Gasteiger partial charge is 0.0644 e. The lowest BCUT2D eigenvalue weighted by molar-refractivity contribution is 0.158. The van der Waals surface area contributed by atoms with Gasteiger partial charge in [-0.15, -0.1) is 6.58 Å². The van der Waals surface area contributed by atoms with Crippen molar-refractivity contribution in [1.82, 2.24) is 0 Å². The summed E-state index contributed by atoms with van der Waals surface area (Å²) in [5, 5.41) is 8.16. The molecular weight excluding hydrogens is 126 g/mol. The summed E-state index contributed by atoms with van der Waals surface area (Å²) in [7, 11) is 0. The van der Waals surface area contributed by atoms with Crippen molar-refractivity contribution in [2.75, 3.05) is 13.2 Å². The number of ether oxygens (including phenoxy) is 1. The Bertz CT molecular complexity index is 115. The third-order valence-corrected chi connectivity index (χ3v) is 1.06. The van der Waals surface area contributed by atoms with E-state index in [1.807, 2.05) is 0 Å². The van der Waals surface area contributed by atoms with E-state index < -0.39 is 0 Å². The second kappa shape index (κ2) is 8.19. The molecule has 2 heteroatoms. The van der Waals surface area contributed by atoms with Crippen LogP contribution in [-0.4, -0.2) is 13.2 Å². The van der Waals surface area contributed by atoms with Crippen LogP contribution in [0.5, 0.6) is 0 Å². The van der Waals surface area contributed by atoms with Crippen LogP contribution in [0.15, 0.2) is 12.7 Å². The fourth-order valence-corrected chi connectivity index (χ4v) is 0.575. The quantitative estimate of drug-likeness (QED) is 0.416. The van der Waals surface area contributed by atoms with E-state index in [0.717, 1.165) is 19.4 Å². The summed E-state index contributed by atoms with van der Waals surface area (Å²) in [5.41, 5.74) is 0. The molecule has 10 heavy (non-hydrogen) atoms. The van der Waals surface area contributed by atoms with Gasteiger partial charge in [0.15, 0.2) is 0 Å². The lowest BCUT2D eigenvalue weighted by Gasteiger charge is -1.97. The van der Waals surface area contributed by atoms with Crippen LogP contribution in [0.4, 0.5) is 0 Å². The molecule has 0 spiro atoms. The molecule has 0 unspecified atom stereocenters. The van der Waals surface area contributed by atoms with Gasteiger partial charge >= 0.3 is 0 Å². The molecule has 56 valence electrons. The first-order chi connectivity index (χ1) is 4.91. The second-order valence-electron chi connectivity index (χ2n) is 1.98. The van der Waals surface area contributed by atoms with Crippen LogP contribution in [0.1, 0.15) is 19.3 Å². The van der Waals surface area contributed by atoms with Crippen LogP contribution in [0.25, 0.3) is 0 Å². The molecule has 0 heterocycles. The first-order valence-electron chi connectivity index (χ1n) is 3.47. The Morgan fingerprint density at radius 3 is 2.90 bits per heavy atom. The van der Waals surface area contributed by atoms with Crippen molar-refractivity contribution >= 4 is 0 Å². The van der Waals surface area contributed by atoms with Crippen LogP contribution < -0.4 is 0 Å². The highest BCUT2D eigenvalue weighted by Crippen LogP contribution is 1.93. The first-order valence-corrected chi connectivity index (χ1v) is 3.47. The maximum atomic E-state index is 8.16. The number of hydrogen-bond donors (Lipinski definition) is 0. The maximum absolute atomic E-state index is 8.16. The van der Waals surface area contributed by atoms with Crippen molar-refractivity contribution in [3.8, 4) is 6.07 Å². The highest BCUT2D eigenvalue weighted by Gasteiger charge is 1.85. The van der Waals surface area contributed by atoms with Gasteiger partial charge in [0, 0.05) is 13.0 Å². The van der Waals surface area contributed by atoms with Gasteiger partial charge in [0.1, 0.15) is 0 Å². The van der Waals surface area contributed by atoms with Gasteiger partial charge in [-0.1, -0.05) is 6.08 Å². The minimum absolute atomic E-state index is 0.618. The van der Waals surface area contributed by atoms with E-state index in [1.54, 1.807) is 6.08 Å². The van der Waals surface area contributed by atoms with Crippen LogP contribution in [0.2, 0.25) is 0 Å². The van der Waals surface area contributed by atoms with Gasteiger partial charge in [-0.25, -0.2) is 0 Å². The molecule has 2 nitrogen and oxygen atoms in total. The normalized spacial score (nSPS) is 8.70. The van der Waals surface area contributed by atoms with E-state index in [-0.39, 0.29) is 0 Å². The molecule has 0 aliphatic carbocycles. The molecule has 0 fully saturated rings. The number of nitrogens with zero attached hydrogens (tertiary/aromatic N) is 1. The number of hydrogen-bond acceptors (Lipinski definition) is 2. The molecule has 0 N–H and O–H groups in total. The molecule has 0 rings (SSSR count). The highest BCUT2D eigenvalue weighted by molar-refractivity contribution is 4.68. The Hall–Kier alpha value is -0.810. The number of unbranched alkanes of at least 4 members (excludes halogenated alkanes) is 2. The Labute approximate surface area is 62.1 Å². The standard InChI is InChI=1S/C8H13NO/c1-2-7-10-8-5-3-4-6-9/h2H,1,3-5,7-8H2. The van der Waals surface area contributed by atoms with Crippen molar-refractivity contribution in [3.05, 3.63) is 12.7 Å². The summed E-state index contributed by atoms with van der Waals surface area (Å²) in [4.78, 5) is 0. The fraction of sp³-hybridized carbons (Fsp3) is 0.625. The molecule has 0 aliphatic rings. The van der Waals surface area contributed by atoms with Gasteiger partial charge in [0.05, 0.1) is 12.7 Å². The fourth-order valence-electron chi connectivity index (χ4n) is 0.575. The largest absolute Gasteiger partial charge is 0.377 e. The molecule has 0 saturated heterocycles. The lowest BCUT2D eigenvalue weighted by Crippen LogP contribution is -1.93. The average Bonchev–Trinajstić information content (AvgIpc) is 1.97. The molecule has 0 bridgehead atoms. The summed E-state index contributed by atoms with van der Waals surface area (Å²) in [5.74, 6) is 0. The van der Waals surface area contributed by atoms with Gasteiger partial charge in [-0.2, -0.15) is 5.26 Å². The average molecular weight is 139 g/mol. The van der Waals surface area contributed by atoms with E-state index in [4.69, 9.17) is 10.00 Å². The van der Waals surface area contributed by atoms with Crippen LogP contribution in [0.3, 0.4) is 0 Å². The Kier molecular flexibility index (Phi) is 7.53. The summed E-state index contributed by atoms with van der Waals surface area (Å²) >= 11 is 0. The maximum Gasteiger partial charge on any atom is 0.0644 e. The van der Waals surface area contributed by atoms with E-state index >= 15 is 0 Å². The first kappa shape index (κ1) is 9.19. The minimum atomic E-state index is 0.618.